The molecule has 2 aromatic heterocycles. The Morgan fingerprint density at radius 2 is 2.05 bits per heavy atom. The van der Waals surface area contributed by atoms with Gasteiger partial charge >= 0.3 is 0 Å². The molecule has 0 radical (unpaired) electrons. The van der Waals surface area contributed by atoms with Crippen LogP contribution in [0.3, 0.4) is 0 Å². The Kier molecular flexibility index (Phi) is 3.85. The summed E-state index contributed by atoms with van der Waals surface area (Å²) < 4.78 is 0. The molecule has 0 saturated carbocycles. The lowest BCUT2D eigenvalue weighted by atomic mass is 10.0. The fourth-order valence-electron chi connectivity index (χ4n) is 2.70. The van der Waals surface area contributed by atoms with Crippen molar-refractivity contribution >= 4 is 23.0 Å². The Hall–Kier alpha value is -2.37. The van der Waals surface area contributed by atoms with Crippen LogP contribution in [0.1, 0.15) is 26.2 Å². The van der Waals surface area contributed by atoms with E-state index >= 15 is 0 Å². The van der Waals surface area contributed by atoms with Gasteiger partial charge in [-0.3, -0.25) is 4.98 Å². The molecular formula is C15H20N6. The lowest BCUT2D eigenvalue weighted by Crippen LogP contribution is -2.38. The molecule has 1 atom stereocenters. The first-order valence-electron chi connectivity index (χ1n) is 7.30. The van der Waals surface area contributed by atoms with E-state index in [-0.39, 0.29) is 0 Å². The van der Waals surface area contributed by atoms with Gasteiger partial charge in [-0.25, -0.2) is 9.97 Å². The number of nitrogens with two attached hydrogens (primary N) is 1. The highest BCUT2D eigenvalue weighted by molar-refractivity contribution is 5.78. The average molecular weight is 284 g/mol. The zero-order chi connectivity index (χ0) is 14.7. The van der Waals surface area contributed by atoms with E-state index < -0.39 is 0 Å². The van der Waals surface area contributed by atoms with E-state index in [2.05, 4.69) is 32.1 Å². The van der Waals surface area contributed by atoms with Gasteiger partial charge in [-0.05, 0) is 38.3 Å². The highest BCUT2D eigenvalue weighted by atomic mass is 15.2. The second-order valence-electron chi connectivity index (χ2n) is 5.36. The minimum atomic E-state index is 0.463. The van der Waals surface area contributed by atoms with Crippen molar-refractivity contribution in [2.24, 2.45) is 0 Å². The number of nitrogens with zero attached hydrogens (tertiary/aromatic N) is 4. The molecule has 21 heavy (non-hydrogen) atoms. The summed E-state index contributed by atoms with van der Waals surface area (Å²) in [5, 5.41) is 3.22. The Balaban J connectivity index is 1.88. The third-order valence-corrected chi connectivity index (χ3v) is 3.88. The topological polar surface area (TPSA) is 80.0 Å². The summed E-state index contributed by atoms with van der Waals surface area (Å²) >= 11 is 0. The predicted octanol–water partition coefficient (Wildman–Crippen LogP) is 2.58. The molecule has 110 valence electrons. The molecule has 3 heterocycles. The van der Waals surface area contributed by atoms with Crippen molar-refractivity contribution in [2.75, 3.05) is 22.5 Å². The highest BCUT2D eigenvalue weighted by Gasteiger charge is 2.22. The van der Waals surface area contributed by atoms with Crippen molar-refractivity contribution in [3.63, 3.8) is 0 Å². The fraction of sp³-hybridized carbons (Fsp3) is 0.400. The van der Waals surface area contributed by atoms with E-state index in [4.69, 9.17) is 5.73 Å². The largest absolute Gasteiger partial charge is 0.393 e. The van der Waals surface area contributed by atoms with Crippen molar-refractivity contribution in [2.45, 2.75) is 32.2 Å². The van der Waals surface area contributed by atoms with Crippen LogP contribution in [0.15, 0.2) is 30.9 Å². The maximum atomic E-state index is 6.28. The lowest BCUT2D eigenvalue weighted by Gasteiger charge is -2.35. The Morgan fingerprint density at radius 1 is 1.24 bits per heavy atom. The smallest absolute Gasteiger partial charge is 0.159 e. The Bertz CT molecular complexity index is 600. The molecule has 0 spiro atoms. The quantitative estimate of drug-likeness (QED) is 0.901. The third kappa shape index (κ3) is 2.89. The standard InChI is InChI=1S/C15H20N6/c1-11-4-2-3-9-21(11)15-13(16)14(18-10-19-15)20-12-5-7-17-8-6-12/h5-8,10-11H,2-4,9,16H2,1H3,(H,17,18,19,20). The number of piperidine rings is 1. The maximum absolute atomic E-state index is 6.28. The van der Waals surface area contributed by atoms with Gasteiger partial charge in [-0.2, -0.15) is 0 Å². The number of nitrogen functional groups attached to an aromatic ring is 1. The van der Waals surface area contributed by atoms with Crippen LogP contribution < -0.4 is 16.0 Å². The number of hydrogen-bond acceptors (Lipinski definition) is 6. The molecule has 3 N–H and O–H groups in total. The van der Waals surface area contributed by atoms with Crippen molar-refractivity contribution < 1.29 is 0 Å². The molecule has 0 aliphatic carbocycles. The van der Waals surface area contributed by atoms with Gasteiger partial charge in [0.1, 0.15) is 12.0 Å². The summed E-state index contributed by atoms with van der Waals surface area (Å²) in [5.41, 5.74) is 7.79. The van der Waals surface area contributed by atoms with Crippen LogP contribution in [-0.4, -0.2) is 27.5 Å². The molecule has 6 heteroatoms. The molecule has 1 aliphatic rings. The number of aromatic nitrogens is 3. The van der Waals surface area contributed by atoms with Gasteiger partial charge in [-0.15, -0.1) is 0 Å². The van der Waals surface area contributed by atoms with E-state index in [0.717, 1.165) is 18.1 Å². The number of anilines is 4. The average Bonchev–Trinajstić information content (AvgIpc) is 2.51. The van der Waals surface area contributed by atoms with Crippen molar-refractivity contribution in [1.82, 2.24) is 15.0 Å². The second kappa shape index (κ2) is 5.95. The number of pyridine rings is 1. The van der Waals surface area contributed by atoms with Crippen LogP contribution in [0.25, 0.3) is 0 Å². The molecule has 0 amide bonds. The maximum Gasteiger partial charge on any atom is 0.159 e. The van der Waals surface area contributed by atoms with E-state index in [1.54, 1.807) is 18.7 Å². The van der Waals surface area contributed by atoms with Crippen LogP contribution in [0.5, 0.6) is 0 Å². The zero-order valence-corrected chi connectivity index (χ0v) is 12.2. The summed E-state index contributed by atoms with van der Waals surface area (Å²) in [6, 6.07) is 4.22. The SMILES string of the molecule is CC1CCCCN1c1ncnc(Nc2ccncc2)c1N. The van der Waals surface area contributed by atoms with Crippen molar-refractivity contribution in [1.29, 1.82) is 0 Å². The van der Waals surface area contributed by atoms with Gasteiger partial charge in [0.2, 0.25) is 0 Å². The van der Waals surface area contributed by atoms with Gasteiger partial charge in [0.15, 0.2) is 11.6 Å². The fourth-order valence-corrected chi connectivity index (χ4v) is 2.70. The summed E-state index contributed by atoms with van der Waals surface area (Å²) in [4.78, 5) is 14.9. The molecule has 2 aromatic rings. The lowest BCUT2D eigenvalue weighted by molar-refractivity contribution is 0.481. The van der Waals surface area contributed by atoms with Crippen LogP contribution in [0.2, 0.25) is 0 Å². The molecular weight excluding hydrogens is 264 g/mol. The minimum absolute atomic E-state index is 0.463. The first-order chi connectivity index (χ1) is 10.3. The van der Waals surface area contributed by atoms with Crippen LogP contribution in [0, 0.1) is 0 Å². The summed E-state index contributed by atoms with van der Waals surface area (Å²) in [6.45, 7) is 3.22. The molecule has 0 bridgehead atoms. The Labute approximate surface area is 124 Å². The molecule has 6 nitrogen and oxygen atoms in total. The molecule has 1 unspecified atom stereocenters. The van der Waals surface area contributed by atoms with Gasteiger partial charge in [-0.1, -0.05) is 0 Å². The van der Waals surface area contributed by atoms with Crippen molar-refractivity contribution in [3.05, 3.63) is 30.9 Å². The van der Waals surface area contributed by atoms with Crippen molar-refractivity contribution in [3.8, 4) is 0 Å². The molecule has 0 aromatic carbocycles. The molecule has 1 aliphatic heterocycles. The van der Waals surface area contributed by atoms with Gasteiger partial charge in [0.05, 0.1) is 0 Å². The first-order valence-corrected chi connectivity index (χ1v) is 7.30. The molecule has 1 saturated heterocycles. The van der Waals surface area contributed by atoms with Crippen LogP contribution >= 0.6 is 0 Å². The summed E-state index contributed by atoms with van der Waals surface area (Å²) in [5.74, 6) is 1.47. The molecule has 1 fully saturated rings. The second-order valence-corrected chi connectivity index (χ2v) is 5.36. The minimum Gasteiger partial charge on any atom is -0.393 e. The van der Waals surface area contributed by atoms with Gasteiger partial charge in [0.25, 0.3) is 0 Å². The predicted molar refractivity (Wildman–Crippen MR) is 84.6 cm³/mol. The van der Waals surface area contributed by atoms with Crippen LogP contribution in [0.4, 0.5) is 23.0 Å². The zero-order valence-electron chi connectivity index (χ0n) is 12.2. The number of hydrogen-bond donors (Lipinski definition) is 2. The summed E-state index contributed by atoms with van der Waals surface area (Å²) in [6.07, 6.45) is 8.65. The first kappa shape index (κ1) is 13.6. The van der Waals surface area contributed by atoms with E-state index in [1.165, 1.54) is 19.3 Å². The van der Waals surface area contributed by atoms with Crippen LogP contribution in [-0.2, 0) is 0 Å². The van der Waals surface area contributed by atoms with Gasteiger partial charge in [0, 0.05) is 30.7 Å². The molecule has 3 rings (SSSR count). The number of nitrogens with one attached hydrogen (secondary N) is 1. The Morgan fingerprint density at radius 3 is 2.81 bits per heavy atom. The monoisotopic (exact) mass is 284 g/mol. The van der Waals surface area contributed by atoms with Gasteiger partial charge < -0.3 is 16.0 Å². The number of rotatable bonds is 3. The van der Waals surface area contributed by atoms with E-state index in [1.807, 2.05) is 12.1 Å². The van der Waals surface area contributed by atoms with E-state index in [0.29, 0.717) is 17.5 Å². The van der Waals surface area contributed by atoms with E-state index in [9.17, 15) is 0 Å². The normalized spacial score (nSPS) is 18.5. The summed E-state index contributed by atoms with van der Waals surface area (Å²) in [7, 11) is 0. The third-order valence-electron chi connectivity index (χ3n) is 3.88. The highest BCUT2D eigenvalue weighted by Crippen LogP contribution is 2.32.